The molecule has 5 heterocycles. The summed E-state index contributed by atoms with van der Waals surface area (Å²) in [6.45, 7) is 11.0. The van der Waals surface area contributed by atoms with Crippen molar-refractivity contribution in [3.8, 4) is 0 Å². The Bertz CT molecular complexity index is 620. The Morgan fingerprint density at radius 3 is 2.12 bits per heavy atom. The van der Waals surface area contributed by atoms with Crippen molar-refractivity contribution < 1.29 is 32.8 Å². The Kier molecular flexibility index (Phi) is 3.95. The molecule has 5 rings (SSSR count). The van der Waals surface area contributed by atoms with Crippen LogP contribution in [0.15, 0.2) is 0 Å². The second-order valence-corrected chi connectivity index (χ2v) is 10.7. The molecule has 0 aliphatic carbocycles. The zero-order valence-corrected chi connectivity index (χ0v) is 16.5. The maximum Gasteiger partial charge on any atom is 0.346 e. The van der Waals surface area contributed by atoms with Gasteiger partial charge in [-0.1, -0.05) is 0 Å². The highest BCUT2D eigenvalue weighted by molar-refractivity contribution is 7.54. The second kappa shape index (κ2) is 5.72. The van der Waals surface area contributed by atoms with Crippen LogP contribution < -0.4 is 0 Å². The van der Waals surface area contributed by atoms with Crippen molar-refractivity contribution in [3.05, 3.63) is 0 Å². The van der Waals surface area contributed by atoms with E-state index in [9.17, 15) is 4.57 Å². The van der Waals surface area contributed by atoms with E-state index >= 15 is 0 Å². The van der Waals surface area contributed by atoms with Crippen molar-refractivity contribution in [2.75, 3.05) is 32.8 Å². The molecule has 5 aliphatic rings. The van der Waals surface area contributed by atoms with Crippen LogP contribution in [-0.4, -0.2) is 84.4 Å². The van der Waals surface area contributed by atoms with Crippen LogP contribution in [0.25, 0.3) is 0 Å². The third-order valence-corrected chi connectivity index (χ3v) is 7.99. The molecule has 0 aromatic rings. The lowest BCUT2D eigenvalue weighted by molar-refractivity contribution is -0.230. The third kappa shape index (κ3) is 3.07. The molecule has 0 spiro atoms. The quantitative estimate of drug-likeness (QED) is 0.507. The van der Waals surface area contributed by atoms with Gasteiger partial charge in [0.25, 0.3) is 0 Å². The van der Waals surface area contributed by atoms with Gasteiger partial charge in [0, 0.05) is 26.2 Å². The van der Waals surface area contributed by atoms with Gasteiger partial charge >= 0.3 is 7.67 Å². The zero-order chi connectivity index (χ0) is 18.3. The summed E-state index contributed by atoms with van der Waals surface area (Å²) in [4.78, 5) is 0. The molecule has 5 saturated heterocycles. The highest BCUT2D eigenvalue weighted by Crippen LogP contribution is 2.63. The lowest BCUT2D eigenvalue weighted by Crippen LogP contribution is -2.44. The van der Waals surface area contributed by atoms with Crippen LogP contribution >= 0.6 is 7.67 Å². The van der Waals surface area contributed by atoms with Crippen molar-refractivity contribution in [1.82, 2.24) is 9.34 Å². The summed E-state index contributed by atoms with van der Waals surface area (Å²) >= 11 is 0. The normalized spacial score (nSPS) is 44.4. The molecule has 26 heavy (non-hydrogen) atoms. The van der Waals surface area contributed by atoms with Gasteiger partial charge in [-0.25, -0.2) is 9.34 Å². The van der Waals surface area contributed by atoms with Crippen LogP contribution in [-0.2, 0) is 32.8 Å². The van der Waals surface area contributed by atoms with Crippen LogP contribution in [0.4, 0.5) is 0 Å². The van der Waals surface area contributed by atoms with Gasteiger partial charge in [-0.05, 0) is 27.7 Å². The van der Waals surface area contributed by atoms with Crippen LogP contribution in [0.2, 0.25) is 0 Å². The van der Waals surface area contributed by atoms with Crippen molar-refractivity contribution in [2.45, 2.75) is 70.0 Å². The summed E-state index contributed by atoms with van der Waals surface area (Å²) in [5.41, 5.74) is 0. The lowest BCUT2D eigenvalue weighted by atomic mass is 10.1. The minimum atomic E-state index is -3.04. The van der Waals surface area contributed by atoms with E-state index < -0.39 is 43.8 Å². The minimum Gasteiger partial charge on any atom is -0.348 e. The van der Waals surface area contributed by atoms with Gasteiger partial charge in [0.1, 0.15) is 24.4 Å². The Morgan fingerprint density at radius 1 is 0.923 bits per heavy atom. The standard InChI is InChI=1S/C16H27N2O7P/c1-15(2)20-9-10(22-15)11-12(13-14(21-11)24-16(3,4)23-13)25-26(19,17-5-6-17)18-7-8-18/h10-14H,5-9H2,1-4H3/t10-,11+,12+,13-,14-/m1/s1. The average molecular weight is 390 g/mol. The van der Waals surface area contributed by atoms with Crippen LogP contribution in [0.5, 0.6) is 0 Å². The molecule has 0 aromatic carbocycles. The number of fused-ring (bicyclic) bond motifs is 1. The Morgan fingerprint density at radius 2 is 1.58 bits per heavy atom. The first-order valence-electron chi connectivity index (χ1n) is 9.29. The molecule has 0 amide bonds. The number of hydrogen-bond donors (Lipinski definition) is 0. The fourth-order valence-corrected chi connectivity index (χ4v) is 6.24. The molecular formula is C16H27N2O7P. The average Bonchev–Trinajstić information content (AvgIpc) is 3.43. The smallest absolute Gasteiger partial charge is 0.346 e. The van der Waals surface area contributed by atoms with E-state index in [1.165, 1.54) is 0 Å². The fraction of sp³-hybridized carbons (Fsp3) is 1.00. The molecule has 9 nitrogen and oxygen atoms in total. The highest BCUT2D eigenvalue weighted by Gasteiger charge is 2.62. The fourth-order valence-electron chi connectivity index (χ4n) is 3.87. The number of nitrogens with zero attached hydrogens (tertiary/aromatic N) is 2. The van der Waals surface area contributed by atoms with E-state index in [0.29, 0.717) is 6.61 Å². The van der Waals surface area contributed by atoms with E-state index in [1.807, 2.05) is 37.0 Å². The molecule has 0 bridgehead atoms. The van der Waals surface area contributed by atoms with Gasteiger partial charge in [0.05, 0.1) is 6.61 Å². The summed E-state index contributed by atoms with van der Waals surface area (Å²) in [5.74, 6) is -1.45. The van der Waals surface area contributed by atoms with Crippen LogP contribution in [0.3, 0.4) is 0 Å². The van der Waals surface area contributed by atoms with E-state index in [1.54, 1.807) is 0 Å². The molecule has 5 atom stereocenters. The van der Waals surface area contributed by atoms with Crippen molar-refractivity contribution >= 4 is 7.67 Å². The number of ether oxygens (including phenoxy) is 5. The van der Waals surface area contributed by atoms with E-state index in [2.05, 4.69) is 0 Å². The molecule has 0 aromatic heterocycles. The molecule has 5 aliphatic heterocycles. The molecule has 10 heteroatoms. The van der Waals surface area contributed by atoms with E-state index in [4.69, 9.17) is 28.2 Å². The molecule has 5 fully saturated rings. The first-order chi connectivity index (χ1) is 12.2. The van der Waals surface area contributed by atoms with Gasteiger partial charge in [0.15, 0.2) is 17.9 Å². The summed E-state index contributed by atoms with van der Waals surface area (Å²) in [7, 11) is -3.04. The third-order valence-electron chi connectivity index (χ3n) is 5.24. The Hall–Kier alpha value is -0.0900. The molecule has 0 unspecified atom stereocenters. The first-order valence-corrected chi connectivity index (χ1v) is 10.8. The van der Waals surface area contributed by atoms with Gasteiger partial charge in [-0.2, -0.15) is 0 Å². The summed E-state index contributed by atoms with van der Waals surface area (Å²) in [6.07, 6.45) is -2.35. The molecule has 0 N–H and O–H groups in total. The number of hydrogen-bond acceptors (Lipinski definition) is 7. The van der Waals surface area contributed by atoms with Gasteiger partial charge in [-0.15, -0.1) is 0 Å². The maximum atomic E-state index is 13.5. The van der Waals surface area contributed by atoms with Crippen molar-refractivity contribution in [1.29, 1.82) is 0 Å². The summed E-state index contributed by atoms with van der Waals surface area (Å²) in [6, 6.07) is 0. The van der Waals surface area contributed by atoms with Gasteiger partial charge in [0.2, 0.25) is 0 Å². The Labute approximate surface area is 153 Å². The first kappa shape index (κ1) is 18.0. The SMILES string of the molecule is CC1(C)O[C@H]2O[C@@H]([C@H]3COC(C)(C)O3)[C@H](OP(=O)(N3CC3)N3CC3)[C@H]2O1. The molecule has 148 valence electrons. The largest absolute Gasteiger partial charge is 0.348 e. The summed E-state index contributed by atoms with van der Waals surface area (Å²) in [5, 5.41) is 0. The molecule has 0 saturated carbocycles. The lowest BCUT2D eigenvalue weighted by Gasteiger charge is -2.31. The highest BCUT2D eigenvalue weighted by atomic mass is 31.2. The molecular weight excluding hydrogens is 363 g/mol. The second-order valence-electron chi connectivity index (χ2n) is 8.40. The van der Waals surface area contributed by atoms with Crippen LogP contribution in [0.1, 0.15) is 27.7 Å². The number of rotatable bonds is 5. The van der Waals surface area contributed by atoms with Crippen LogP contribution in [0, 0.1) is 0 Å². The predicted molar refractivity (Wildman–Crippen MR) is 89.2 cm³/mol. The Balaban J connectivity index is 1.41. The predicted octanol–water partition coefficient (Wildman–Crippen LogP) is 1.14. The van der Waals surface area contributed by atoms with Crippen molar-refractivity contribution in [3.63, 3.8) is 0 Å². The summed E-state index contributed by atoms with van der Waals surface area (Å²) < 4.78 is 53.3. The monoisotopic (exact) mass is 390 g/mol. The van der Waals surface area contributed by atoms with E-state index in [0.717, 1.165) is 26.2 Å². The minimum absolute atomic E-state index is 0.326. The topological polar surface area (TPSA) is 78.5 Å². The van der Waals surface area contributed by atoms with Gasteiger partial charge in [-0.3, -0.25) is 9.09 Å². The maximum absolute atomic E-state index is 13.5. The molecule has 0 radical (unpaired) electrons. The zero-order valence-electron chi connectivity index (χ0n) is 15.6. The van der Waals surface area contributed by atoms with Gasteiger partial charge < -0.3 is 23.7 Å². The van der Waals surface area contributed by atoms with Crippen molar-refractivity contribution in [2.24, 2.45) is 0 Å². The van der Waals surface area contributed by atoms with E-state index in [-0.39, 0.29) is 6.10 Å².